The topological polar surface area (TPSA) is 63.1 Å². The molecule has 0 spiro atoms. The molecule has 3 aromatic rings. The first-order valence-corrected chi connectivity index (χ1v) is 11.4. The van der Waals surface area contributed by atoms with Crippen LogP contribution in [0.3, 0.4) is 0 Å². The highest BCUT2D eigenvalue weighted by atomic mass is 79.9. The second-order valence-corrected chi connectivity index (χ2v) is 8.91. The van der Waals surface area contributed by atoms with Crippen molar-refractivity contribution in [2.45, 2.75) is 45.8 Å². The summed E-state index contributed by atoms with van der Waals surface area (Å²) >= 11 is 3.54. The number of nitrogens with one attached hydrogen (secondary N) is 1. The Balaban J connectivity index is 2.16. The lowest BCUT2D eigenvalue weighted by Crippen LogP contribution is -2.27. The molecule has 2 aromatic carbocycles. The molecule has 0 aliphatic carbocycles. The van der Waals surface area contributed by atoms with Crippen molar-refractivity contribution < 1.29 is 4.79 Å². The molecule has 0 bridgehead atoms. The van der Waals surface area contributed by atoms with Gasteiger partial charge in [-0.15, -0.1) is 10.2 Å². The van der Waals surface area contributed by atoms with Gasteiger partial charge in [0.1, 0.15) is 0 Å². The van der Waals surface area contributed by atoms with E-state index in [0.717, 1.165) is 28.2 Å². The van der Waals surface area contributed by atoms with E-state index in [1.54, 1.807) is 0 Å². The van der Waals surface area contributed by atoms with E-state index < -0.39 is 0 Å². The van der Waals surface area contributed by atoms with E-state index in [1.165, 1.54) is 0 Å². The SMILES string of the molecule is CCC(C)NCc1nnc(C(C)N(C)C)n1-c1ccc(Br)cc1C(=O)c1ccccc1. The van der Waals surface area contributed by atoms with Crippen LogP contribution in [0.4, 0.5) is 0 Å². The Labute approximate surface area is 192 Å². The standard InChI is InChI=1S/C24H30BrN5O/c1-6-16(2)26-15-22-27-28-24(17(3)29(4)5)30(22)21-13-12-19(25)14-20(21)23(31)18-10-8-7-9-11-18/h7-14,16-17,26H,6,15H2,1-5H3. The van der Waals surface area contributed by atoms with E-state index >= 15 is 0 Å². The predicted molar refractivity (Wildman–Crippen MR) is 128 cm³/mol. The first kappa shape index (κ1) is 23.3. The van der Waals surface area contributed by atoms with Gasteiger partial charge in [0.2, 0.25) is 0 Å². The molecule has 1 aromatic heterocycles. The molecule has 0 saturated carbocycles. The molecule has 2 unspecified atom stereocenters. The van der Waals surface area contributed by atoms with Crippen molar-refractivity contribution in [3.63, 3.8) is 0 Å². The van der Waals surface area contributed by atoms with Gasteiger partial charge < -0.3 is 5.32 Å². The van der Waals surface area contributed by atoms with Crippen molar-refractivity contribution >= 4 is 21.7 Å². The van der Waals surface area contributed by atoms with Gasteiger partial charge in [-0.3, -0.25) is 14.3 Å². The van der Waals surface area contributed by atoms with E-state index in [2.05, 4.69) is 57.1 Å². The molecule has 0 radical (unpaired) electrons. The average molecular weight is 484 g/mol. The average Bonchev–Trinajstić information content (AvgIpc) is 3.20. The van der Waals surface area contributed by atoms with Crippen molar-refractivity contribution in [3.05, 3.63) is 75.8 Å². The Hall–Kier alpha value is -2.35. The maximum absolute atomic E-state index is 13.5. The second kappa shape index (κ2) is 10.3. The van der Waals surface area contributed by atoms with Gasteiger partial charge in [-0.25, -0.2) is 0 Å². The number of nitrogens with zero attached hydrogens (tertiary/aromatic N) is 4. The fourth-order valence-electron chi connectivity index (χ4n) is 3.25. The Morgan fingerprint density at radius 2 is 1.84 bits per heavy atom. The molecule has 1 N–H and O–H groups in total. The molecule has 164 valence electrons. The number of halogens is 1. The largest absolute Gasteiger partial charge is 0.307 e. The first-order valence-electron chi connectivity index (χ1n) is 10.6. The molecule has 6 nitrogen and oxygen atoms in total. The number of ketones is 1. The Morgan fingerprint density at radius 1 is 1.13 bits per heavy atom. The lowest BCUT2D eigenvalue weighted by Gasteiger charge is -2.22. The molecule has 2 atom stereocenters. The third kappa shape index (κ3) is 5.29. The zero-order valence-corrected chi connectivity index (χ0v) is 20.3. The summed E-state index contributed by atoms with van der Waals surface area (Å²) in [5.41, 5.74) is 2.04. The van der Waals surface area contributed by atoms with Crippen LogP contribution in [0, 0.1) is 0 Å². The molecule has 0 aliphatic heterocycles. The van der Waals surface area contributed by atoms with Gasteiger partial charge in [0.05, 0.1) is 18.3 Å². The third-order valence-electron chi connectivity index (χ3n) is 5.60. The highest BCUT2D eigenvalue weighted by Crippen LogP contribution is 2.28. The molecule has 0 amide bonds. The van der Waals surface area contributed by atoms with Crippen molar-refractivity contribution in [3.8, 4) is 5.69 Å². The monoisotopic (exact) mass is 483 g/mol. The second-order valence-electron chi connectivity index (χ2n) is 8.00. The number of carbonyl (C=O) groups is 1. The molecule has 3 rings (SSSR count). The quantitative estimate of drug-likeness (QED) is 0.444. The molecule has 0 saturated heterocycles. The van der Waals surface area contributed by atoms with Gasteiger partial charge in [0.15, 0.2) is 17.4 Å². The molecular weight excluding hydrogens is 454 g/mol. The van der Waals surface area contributed by atoms with E-state index in [-0.39, 0.29) is 11.8 Å². The minimum atomic E-state index is -0.0325. The smallest absolute Gasteiger partial charge is 0.195 e. The van der Waals surface area contributed by atoms with Crippen LogP contribution in [-0.4, -0.2) is 45.6 Å². The van der Waals surface area contributed by atoms with Crippen LogP contribution in [-0.2, 0) is 6.54 Å². The summed E-state index contributed by atoms with van der Waals surface area (Å²) < 4.78 is 2.88. The van der Waals surface area contributed by atoms with Crippen LogP contribution in [0.5, 0.6) is 0 Å². The first-order chi connectivity index (χ1) is 14.8. The van der Waals surface area contributed by atoms with E-state index in [4.69, 9.17) is 0 Å². The molecule has 0 fully saturated rings. The molecule has 0 aliphatic rings. The fraction of sp³-hybridized carbons (Fsp3) is 0.375. The Kier molecular flexibility index (Phi) is 7.75. The summed E-state index contributed by atoms with van der Waals surface area (Å²) in [5, 5.41) is 12.5. The molecule has 31 heavy (non-hydrogen) atoms. The van der Waals surface area contributed by atoms with Crippen LogP contribution in [0.15, 0.2) is 53.0 Å². The number of carbonyl (C=O) groups excluding carboxylic acids is 1. The van der Waals surface area contributed by atoms with Crippen molar-refractivity contribution in [1.82, 2.24) is 25.0 Å². The van der Waals surface area contributed by atoms with Gasteiger partial charge >= 0.3 is 0 Å². The maximum Gasteiger partial charge on any atom is 0.195 e. The fourth-order valence-corrected chi connectivity index (χ4v) is 3.61. The van der Waals surface area contributed by atoms with Crippen molar-refractivity contribution in [2.75, 3.05) is 14.1 Å². The van der Waals surface area contributed by atoms with Gasteiger partial charge in [0.25, 0.3) is 0 Å². The number of aromatic nitrogens is 3. The maximum atomic E-state index is 13.5. The summed E-state index contributed by atoms with van der Waals surface area (Å²) in [7, 11) is 4.02. The van der Waals surface area contributed by atoms with Crippen LogP contribution < -0.4 is 5.32 Å². The zero-order chi connectivity index (χ0) is 22.5. The van der Waals surface area contributed by atoms with E-state index in [9.17, 15) is 4.79 Å². The Bertz CT molecular complexity index is 1030. The van der Waals surface area contributed by atoms with Gasteiger partial charge in [-0.2, -0.15) is 0 Å². The predicted octanol–water partition coefficient (Wildman–Crippen LogP) is 4.77. The lowest BCUT2D eigenvalue weighted by atomic mass is 10.0. The van der Waals surface area contributed by atoms with Gasteiger partial charge in [-0.05, 0) is 52.6 Å². The summed E-state index contributed by atoms with van der Waals surface area (Å²) in [6.45, 7) is 6.95. The number of rotatable bonds is 9. The third-order valence-corrected chi connectivity index (χ3v) is 6.10. The van der Waals surface area contributed by atoms with Gasteiger partial charge in [0, 0.05) is 21.6 Å². The van der Waals surface area contributed by atoms with Crippen molar-refractivity contribution in [1.29, 1.82) is 0 Å². The number of benzene rings is 2. The summed E-state index contributed by atoms with van der Waals surface area (Å²) in [5.74, 6) is 1.55. The van der Waals surface area contributed by atoms with E-state index in [0.29, 0.717) is 23.7 Å². The van der Waals surface area contributed by atoms with Crippen LogP contribution in [0.1, 0.15) is 60.8 Å². The normalized spacial score (nSPS) is 13.4. The zero-order valence-electron chi connectivity index (χ0n) is 18.8. The van der Waals surface area contributed by atoms with Crippen LogP contribution >= 0.6 is 15.9 Å². The van der Waals surface area contributed by atoms with Crippen LogP contribution in [0.2, 0.25) is 0 Å². The number of hydrogen-bond donors (Lipinski definition) is 1. The van der Waals surface area contributed by atoms with E-state index in [1.807, 2.05) is 67.2 Å². The minimum Gasteiger partial charge on any atom is -0.307 e. The Morgan fingerprint density at radius 3 is 2.48 bits per heavy atom. The van der Waals surface area contributed by atoms with Gasteiger partial charge in [-0.1, -0.05) is 53.2 Å². The summed E-state index contributed by atoms with van der Waals surface area (Å²) in [6, 6.07) is 15.5. The summed E-state index contributed by atoms with van der Waals surface area (Å²) in [6.07, 6.45) is 1.02. The highest BCUT2D eigenvalue weighted by molar-refractivity contribution is 9.10. The minimum absolute atomic E-state index is 0.0215. The number of hydrogen-bond acceptors (Lipinski definition) is 5. The summed E-state index contributed by atoms with van der Waals surface area (Å²) in [4.78, 5) is 15.5. The van der Waals surface area contributed by atoms with Crippen LogP contribution in [0.25, 0.3) is 5.69 Å². The lowest BCUT2D eigenvalue weighted by molar-refractivity contribution is 0.103. The molecule has 7 heteroatoms. The highest BCUT2D eigenvalue weighted by Gasteiger charge is 2.24. The van der Waals surface area contributed by atoms with Crippen molar-refractivity contribution in [2.24, 2.45) is 0 Å². The molecular formula is C24H30BrN5O. The molecule has 1 heterocycles.